The fourth-order valence-electron chi connectivity index (χ4n) is 3.48. The molecule has 0 bridgehead atoms. The predicted molar refractivity (Wildman–Crippen MR) is 114 cm³/mol. The molecule has 33 heavy (non-hydrogen) atoms. The molecule has 2 amide bonds. The second kappa shape index (κ2) is 8.42. The SMILES string of the molecule is COc1ccccc1N1C(=O)C(Nc2cccc(C(F)(F)F)c2)=C(c2ccc(F)cc2)C1=O. The Morgan fingerprint density at radius 1 is 0.879 bits per heavy atom. The van der Waals surface area contributed by atoms with Crippen LogP contribution in [0.15, 0.2) is 78.5 Å². The molecule has 0 atom stereocenters. The number of carbonyl (C=O) groups excluding carboxylic acids is 2. The van der Waals surface area contributed by atoms with Gasteiger partial charge in [-0.2, -0.15) is 13.2 Å². The molecule has 0 radical (unpaired) electrons. The molecule has 0 saturated heterocycles. The monoisotopic (exact) mass is 456 g/mol. The number of nitrogens with one attached hydrogen (secondary N) is 1. The lowest BCUT2D eigenvalue weighted by Crippen LogP contribution is -2.32. The van der Waals surface area contributed by atoms with E-state index in [-0.39, 0.29) is 34.0 Å². The number of imide groups is 1. The average molecular weight is 456 g/mol. The van der Waals surface area contributed by atoms with Gasteiger partial charge in [0.05, 0.1) is 23.9 Å². The number of methoxy groups -OCH3 is 1. The van der Waals surface area contributed by atoms with Crippen molar-refractivity contribution in [1.82, 2.24) is 0 Å². The Morgan fingerprint density at radius 3 is 2.24 bits per heavy atom. The van der Waals surface area contributed by atoms with Crippen molar-refractivity contribution < 1.29 is 31.9 Å². The largest absolute Gasteiger partial charge is 0.495 e. The molecule has 1 heterocycles. The van der Waals surface area contributed by atoms with Gasteiger partial charge in [0.25, 0.3) is 11.8 Å². The number of ether oxygens (including phenoxy) is 1. The van der Waals surface area contributed by atoms with E-state index in [0.717, 1.165) is 29.2 Å². The Bertz CT molecular complexity index is 1270. The normalized spacial score (nSPS) is 14.2. The van der Waals surface area contributed by atoms with E-state index in [1.54, 1.807) is 18.2 Å². The van der Waals surface area contributed by atoms with Crippen LogP contribution in [0.5, 0.6) is 5.75 Å². The molecule has 1 aliphatic heterocycles. The van der Waals surface area contributed by atoms with E-state index >= 15 is 0 Å². The summed E-state index contributed by atoms with van der Waals surface area (Å²) in [4.78, 5) is 27.6. The summed E-state index contributed by atoms with van der Waals surface area (Å²) in [6.07, 6.45) is -4.59. The smallest absolute Gasteiger partial charge is 0.416 e. The Kier molecular flexibility index (Phi) is 5.63. The van der Waals surface area contributed by atoms with Crippen LogP contribution in [0.1, 0.15) is 11.1 Å². The summed E-state index contributed by atoms with van der Waals surface area (Å²) in [5, 5.41) is 2.67. The third-order valence-electron chi connectivity index (χ3n) is 5.00. The van der Waals surface area contributed by atoms with Crippen LogP contribution in [0.25, 0.3) is 5.57 Å². The van der Waals surface area contributed by atoms with E-state index in [1.807, 2.05) is 0 Å². The van der Waals surface area contributed by atoms with Crippen LogP contribution in [0.3, 0.4) is 0 Å². The number of anilines is 2. The first kappa shape index (κ1) is 22.1. The maximum absolute atomic E-state index is 13.5. The van der Waals surface area contributed by atoms with Crippen LogP contribution in [-0.2, 0) is 15.8 Å². The highest BCUT2D eigenvalue weighted by atomic mass is 19.4. The molecule has 0 spiro atoms. The standard InChI is InChI=1S/C24H16F4N2O3/c1-33-19-8-3-2-7-18(19)30-22(31)20(14-9-11-16(25)12-10-14)21(23(30)32)29-17-6-4-5-15(13-17)24(26,27)28/h2-13,29H,1H3. The number of alkyl halides is 3. The van der Waals surface area contributed by atoms with E-state index < -0.39 is 29.4 Å². The molecule has 4 rings (SSSR count). The zero-order valence-electron chi connectivity index (χ0n) is 17.1. The van der Waals surface area contributed by atoms with Crippen molar-refractivity contribution in [2.24, 2.45) is 0 Å². The molecule has 0 aromatic heterocycles. The molecule has 3 aromatic rings. The van der Waals surface area contributed by atoms with E-state index in [4.69, 9.17) is 4.74 Å². The minimum atomic E-state index is -4.59. The molecule has 0 saturated carbocycles. The molecule has 5 nitrogen and oxygen atoms in total. The quantitative estimate of drug-likeness (QED) is 0.421. The predicted octanol–water partition coefficient (Wildman–Crippen LogP) is 5.25. The number of hydrogen-bond acceptors (Lipinski definition) is 4. The summed E-state index contributed by atoms with van der Waals surface area (Å²) in [5.41, 5.74) is -0.922. The summed E-state index contributed by atoms with van der Waals surface area (Å²) in [5.74, 6) is -1.82. The average Bonchev–Trinajstić information content (AvgIpc) is 3.03. The number of rotatable bonds is 5. The van der Waals surface area contributed by atoms with Crippen LogP contribution < -0.4 is 15.0 Å². The molecule has 168 valence electrons. The Morgan fingerprint density at radius 2 is 1.58 bits per heavy atom. The lowest BCUT2D eigenvalue weighted by molar-refractivity contribution is -0.137. The second-order valence-electron chi connectivity index (χ2n) is 7.08. The fraction of sp³-hybridized carbons (Fsp3) is 0.0833. The Labute approximate surface area is 185 Å². The molecule has 0 aliphatic carbocycles. The number of benzene rings is 3. The Hall–Kier alpha value is -4.14. The molecular weight excluding hydrogens is 440 g/mol. The second-order valence-corrected chi connectivity index (χ2v) is 7.08. The van der Waals surface area contributed by atoms with Gasteiger partial charge in [0, 0.05) is 5.69 Å². The van der Waals surface area contributed by atoms with Gasteiger partial charge >= 0.3 is 6.18 Å². The topological polar surface area (TPSA) is 58.6 Å². The maximum Gasteiger partial charge on any atom is 0.416 e. The molecule has 0 fully saturated rings. The summed E-state index contributed by atoms with van der Waals surface area (Å²) in [6.45, 7) is 0. The summed E-state index contributed by atoms with van der Waals surface area (Å²) in [6, 6.07) is 15.4. The maximum atomic E-state index is 13.5. The number of hydrogen-bond donors (Lipinski definition) is 1. The van der Waals surface area contributed by atoms with Crippen molar-refractivity contribution in [3.8, 4) is 5.75 Å². The van der Waals surface area contributed by atoms with Crippen molar-refractivity contribution in [2.45, 2.75) is 6.18 Å². The molecule has 1 N–H and O–H groups in total. The molecule has 1 aliphatic rings. The lowest BCUT2D eigenvalue weighted by Gasteiger charge is -2.18. The van der Waals surface area contributed by atoms with E-state index in [2.05, 4.69) is 5.32 Å². The third kappa shape index (κ3) is 4.17. The number of carbonyl (C=O) groups is 2. The van der Waals surface area contributed by atoms with Gasteiger partial charge in [-0.3, -0.25) is 9.59 Å². The Balaban J connectivity index is 1.83. The van der Waals surface area contributed by atoms with Crippen LogP contribution in [-0.4, -0.2) is 18.9 Å². The lowest BCUT2D eigenvalue weighted by atomic mass is 10.0. The van der Waals surface area contributed by atoms with Gasteiger partial charge in [0.2, 0.25) is 0 Å². The minimum absolute atomic E-state index is 0.0394. The highest BCUT2D eigenvalue weighted by Gasteiger charge is 2.41. The van der Waals surface area contributed by atoms with Crippen LogP contribution in [0, 0.1) is 5.82 Å². The third-order valence-corrected chi connectivity index (χ3v) is 5.00. The number of nitrogens with zero attached hydrogens (tertiary/aromatic N) is 1. The fourth-order valence-corrected chi connectivity index (χ4v) is 3.48. The van der Waals surface area contributed by atoms with E-state index in [9.17, 15) is 27.2 Å². The van der Waals surface area contributed by atoms with Gasteiger partial charge in [-0.15, -0.1) is 0 Å². The van der Waals surface area contributed by atoms with Gasteiger partial charge in [-0.1, -0.05) is 30.3 Å². The van der Waals surface area contributed by atoms with Crippen LogP contribution >= 0.6 is 0 Å². The van der Waals surface area contributed by atoms with Crippen LogP contribution in [0.4, 0.5) is 28.9 Å². The van der Waals surface area contributed by atoms with Crippen molar-refractivity contribution in [1.29, 1.82) is 0 Å². The molecular formula is C24H16F4N2O3. The number of para-hydroxylation sites is 2. The first-order chi connectivity index (χ1) is 15.7. The highest BCUT2D eigenvalue weighted by molar-refractivity contribution is 6.46. The summed E-state index contributed by atoms with van der Waals surface area (Å²) in [7, 11) is 1.37. The summed E-state index contributed by atoms with van der Waals surface area (Å²) < 4.78 is 58.2. The first-order valence-electron chi connectivity index (χ1n) is 9.67. The number of amides is 2. The van der Waals surface area contributed by atoms with Gasteiger partial charge in [-0.25, -0.2) is 9.29 Å². The van der Waals surface area contributed by atoms with Gasteiger partial charge in [0.15, 0.2) is 0 Å². The summed E-state index contributed by atoms with van der Waals surface area (Å²) >= 11 is 0. The molecule has 3 aromatic carbocycles. The van der Waals surface area contributed by atoms with Crippen molar-refractivity contribution in [3.05, 3.63) is 95.4 Å². The minimum Gasteiger partial charge on any atom is -0.495 e. The zero-order valence-corrected chi connectivity index (χ0v) is 17.1. The molecule has 9 heteroatoms. The van der Waals surface area contributed by atoms with E-state index in [0.29, 0.717) is 0 Å². The van der Waals surface area contributed by atoms with Crippen molar-refractivity contribution in [3.63, 3.8) is 0 Å². The highest BCUT2D eigenvalue weighted by Crippen LogP contribution is 2.38. The van der Waals surface area contributed by atoms with E-state index in [1.165, 1.54) is 37.4 Å². The van der Waals surface area contributed by atoms with Crippen LogP contribution in [0.2, 0.25) is 0 Å². The van der Waals surface area contributed by atoms with Crippen molar-refractivity contribution in [2.75, 3.05) is 17.3 Å². The first-order valence-corrected chi connectivity index (χ1v) is 9.67. The van der Waals surface area contributed by atoms with Crippen molar-refractivity contribution >= 4 is 28.8 Å². The van der Waals surface area contributed by atoms with Gasteiger partial charge < -0.3 is 10.1 Å². The van der Waals surface area contributed by atoms with Gasteiger partial charge in [0.1, 0.15) is 17.3 Å². The zero-order chi connectivity index (χ0) is 23.8. The molecule has 0 unspecified atom stereocenters. The number of halogens is 4. The van der Waals surface area contributed by atoms with Gasteiger partial charge in [-0.05, 0) is 48.0 Å².